The summed E-state index contributed by atoms with van der Waals surface area (Å²) in [6.07, 6.45) is 1.63. The molecular weight excluding hydrogens is 130 g/mol. The first-order chi connectivity index (χ1) is 4.66. The molecule has 0 aromatic heterocycles. The topological polar surface area (TPSA) is 67.5 Å². The minimum absolute atomic E-state index is 0.492. The Labute approximate surface area is 59.8 Å². The maximum atomic E-state index is 10.2. The van der Waals surface area contributed by atoms with Crippen LogP contribution in [0, 0.1) is 0 Å². The van der Waals surface area contributed by atoms with E-state index >= 15 is 0 Å². The highest BCUT2D eigenvalue weighted by molar-refractivity contribution is 5.95. The third kappa shape index (κ3) is 4.83. The van der Waals surface area contributed by atoms with E-state index in [1.165, 1.54) is 0 Å². The summed E-state index contributed by atoms with van der Waals surface area (Å²) in [5.74, 6) is 0.507. The molecule has 0 saturated carbocycles. The highest BCUT2D eigenvalue weighted by Crippen LogP contribution is 1.73. The summed E-state index contributed by atoms with van der Waals surface area (Å²) in [5.41, 5.74) is 4.81. The van der Waals surface area contributed by atoms with E-state index in [2.05, 4.69) is 16.9 Å². The number of hydrogen-bond donors (Lipinski definition) is 2. The Morgan fingerprint density at radius 3 is 2.90 bits per heavy atom. The molecule has 0 aromatic rings. The van der Waals surface area contributed by atoms with Crippen LogP contribution in [-0.2, 0) is 0 Å². The monoisotopic (exact) mass is 141 g/mol. The lowest BCUT2D eigenvalue weighted by molar-refractivity contribution is 0.253. The molecule has 0 aliphatic rings. The van der Waals surface area contributed by atoms with Gasteiger partial charge >= 0.3 is 6.03 Å². The van der Waals surface area contributed by atoms with Crippen LogP contribution in [0.5, 0.6) is 0 Å². The number of nitrogens with two attached hydrogens (primary N) is 1. The highest BCUT2D eigenvalue weighted by atomic mass is 16.2. The number of hydrogen-bond acceptors (Lipinski definition) is 2. The first kappa shape index (κ1) is 8.68. The zero-order valence-electron chi connectivity index (χ0n) is 5.92. The van der Waals surface area contributed by atoms with Crippen LogP contribution in [0.4, 0.5) is 4.79 Å². The minimum Gasteiger partial charge on any atom is -0.351 e. The zero-order valence-corrected chi connectivity index (χ0v) is 5.92. The van der Waals surface area contributed by atoms with Gasteiger partial charge in [-0.1, -0.05) is 6.08 Å². The SMILES string of the molecule is C=CC/N=C(\C)NC(N)=O. The molecule has 4 heteroatoms. The molecule has 0 fully saturated rings. The van der Waals surface area contributed by atoms with Gasteiger partial charge in [0.25, 0.3) is 0 Å². The average molecular weight is 141 g/mol. The Kier molecular flexibility index (Phi) is 3.95. The summed E-state index contributed by atoms with van der Waals surface area (Å²) in [4.78, 5) is 14.0. The Hall–Kier alpha value is -1.32. The third-order valence-corrected chi connectivity index (χ3v) is 0.762. The smallest absolute Gasteiger partial charge is 0.317 e. The molecule has 3 N–H and O–H groups in total. The molecule has 0 rings (SSSR count). The van der Waals surface area contributed by atoms with Crippen molar-refractivity contribution in [3.8, 4) is 0 Å². The molecule has 0 saturated heterocycles. The molecule has 0 unspecified atom stereocenters. The predicted octanol–water partition coefficient (Wildman–Crippen LogP) is 0.259. The molecule has 0 aromatic carbocycles. The molecule has 0 heterocycles. The second kappa shape index (κ2) is 4.55. The van der Waals surface area contributed by atoms with Gasteiger partial charge in [-0.3, -0.25) is 10.3 Å². The molecule has 56 valence electrons. The highest BCUT2D eigenvalue weighted by Gasteiger charge is 1.91. The fourth-order valence-electron chi connectivity index (χ4n) is 0.419. The molecule has 4 nitrogen and oxygen atoms in total. The number of primary amides is 1. The molecule has 0 bridgehead atoms. The van der Waals surface area contributed by atoms with Crippen LogP contribution >= 0.6 is 0 Å². The predicted molar refractivity (Wildman–Crippen MR) is 40.9 cm³/mol. The van der Waals surface area contributed by atoms with Gasteiger partial charge < -0.3 is 5.73 Å². The van der Waals surface area contributed by atoms with E-state index < -0.39 is 6.03 Å². The minimum atomic E-state index is -0.592. The molecule has 0 aliphatic carbocycles. The summed E-state index contributed by atoms with van der Waals surface area (Å²) >= 11 is 0. The van der Waals surface area contributed by atoms with Gasteiger partial charge in [0.1, 0.15) is 5.84 Å². The van der Waals surface area contributed by atoms with Crippen molar-refractivity contribution in [2.24, 2.45) is 10.7 Å². The van der Waals surface area contributed by atoms with E-state index in [1.807, 2.05) is 0 Å². The van der Waals surface area contributed by atoms with Crippen LogP contribution < -0.4 is 11.1 Å². The van der Waals surface area contributed by atoms with Gasteiger partial charge in [-0.25, -0.2) is 4.79 Å². The van der Waals surface area contributed by atoms with E-state index in [9.17, 15) is 4.79 Å². The molecule has 10 heavy (non-hydrogen) atoms. The number of nitrogens with zero attached hydrogens (tertiary/aromatic N) is 1. The van der Waals surface area contributed by atoms with Crippen LogP contribution in [0.15, 0.2) is 17.6 Å². The van der Waals surface area contributed by atoms with E-state index in [0.717, 1.165) is 0 Å². The summed E-state index contributed by atoms with van der Waals surface area (Å²) < 4.78 is 0. The van der Waals surface area contributed by atoms with Crippen LogP contribution in [-0.4, -0.2) is 18.4 Å². The maximum absolute atomic E-state index is 10.2. The van der Waals surface area contributed by atoms with Crippen molar-refractivity contribution in [3.05, 3.63) is 12.7 Å². The third-order valence-electron chi connectivity index (χ3n) is 0.762. The summed E-state index contributed by atoms with van der Waals surface area (Å²) in [5, 5.41) is 2.32. The number of amidine groups is 1. The molecular formula is C6H11N3O. The van der Waals surface area contributed by atoms with Crippen molar-refractivity contribution in [1.29, 1.82) is 0 Å². The number of carbonyl (C=O) groups is 1. The normalized spacial score (nSPS) is 10.7. The van der Waals surface area contributed by atoms with Crippen LogP contribution in [0.1, 0.15) is 6.92 Å². The van der Waals surface area contributed by atoms with E-state index in [1.54, 1.807) is 13.0 Å². The Balaban J connectivity index is 3.70. The second-order valence-electron chi connectivity index (χ2n) is 1.70. The molecule has 2 amide bonds. The molecule has 0 radical (unpaired) electrons. The number of nitrogens with one attached hydrogen (secondary N) is 1. The van der Waals surface area contributed by atoms with Crippen molar-refractivity contribution in [1.82, 2.24) is 5.32 Å². The van der Waals surface area contributed by atoms with Gasteiger partial charge in [0.15, 0.2) is 0 Å². The van der Waals surface area contributed by atoms with E-state index in [-0.39, 0.29) is 0 Å². The van der Waals surface area contributed by atoms with Crippen molar-refractivity contribution >= 4 is 11.9 Å². The summed E-state index contributed by atoms with van der Waals surface area (Å²) in [7, 11) is 0. The van der Waals surface area contributed by atoms with Crippen LogP contribution in [0.25, 0.3) is 0 Å². The summed E-state index contributed by atoms with van der Waals surface area (Å²) in [6.45, 7) is 5.61. The standard InChI is InChI=1S/C6H11N3O/c1-3-4-8-5(2)9-6(7)10/h3H,1,4H2,2H3,(H3,7,8,9,10). The number of aliphatic imine (C=N–C) groups is 1. The fourth-order valence-corrected chi connectivity index (χ4v) is 0.419. The number of amides is 2. The first-order valence-corrected chi connectivity index (χ1v) is 2.85. The van der Waals surface area contributed by atoms with Crippen LogP contribution in [0.3, 0.4) is 0 Å². The lowest BCUT2D eigenvalue weighted by atomic mass is 10.6. The lowest BCUT2D eigenvalue weighted by Gasteiger charge is -1.97. The number of rotatable bonds is 2. The maximum Gasteiger partial charge on any atom is 0.317 e. The first-order valence-electron chi connectivity index (χ1n) is 2.85. The van der Waals surface area contributed by atoms with E-state index in [4.69, 9.17) is 5.73 Å². The van der Waals surface area contributed by atoms with Gasteiger partial charge in [0.2, 0.25) is 0 Å². The van der Waals surface area contributed by atoms with Crippen LogP contribution in [0.2, 0.25) is 0 Å². The van der Waals surface area contributed by atoms with Gasteiger partial charge in [-0.2, -0.15) is 0 Å². The lowest BCUT2D eigenvalue weighted by Crippen LogP contribution is -2.33. The fraction of sp³-hybridized carbons (Fsp3) is 0.333. The van der Waals surface area contributed by atoms with Gasteiger partial charge in [0.05, 0.1) is 6.54 Å². The molecule has 0 aliphatic heterocycles. The molecule has 0 spiro atoms. The van der Waals surface area contributed by atoms with Gasteiger partial charge in [0, 0.05) is 0 Å². The van der Waals surface area contributed by atoms with Crippen molar-refractivity contribution < 1.29 is 4.79 Å². The van der Waals surface area contributed by atoms with E-state index in [0.29, 0.717) is 12.4 Å². The quantitative estimate of drug-likeness (QED) is 0.323. The molecule has 0 atom stereocenters. The second-order valence-corrected chi connectivity index (χ2v) is 1.70. The number of urea groups is 1. The van der Waals surface area contributed by atoms with Crippen molar-refractivity contribution in [2.75, 3.05) is 6.54 Å². The average Bonchev–Trinajstić information content (AvgIpc) is 1.82. The van der Waals surface area contributed by atoms with Gasteiger partial charge in [-0.15, -0.1) is 6.58 Å². The Bertz CT molecular complexity index is 162. The van der Waals surface area contributed by atoms with Crippen molar-refractivity contribution in [2.45, 2.75) is 6.92 Å². The summed E-state index contributed by atoms with van der Waals surface area (Å²) in [6, 6.07) is -0.592. The Morgan fingerprint density at radius 2 is 2.50 bits per heavy atom. The Morgan fingerprint density at radius 1 is 1.90 bits per heavy atom. The largest absolute Gasteiger partial charge is 0.351 e. The number of carbonyl (C=O) groups excluding carboxylic acids is 1. The zero-order chi connectivity index (χ0) is 7.98. The van der Waals surface area contributed by atoms with Gasteiger partial charge in [-0.05, 0) is 6.92 Å². The van der Waals surface area contributed by atoms with Crippen molar-refractivity contribution in [3.63, 3.8) is 0 Å².